The number of carbonyl (C=O) groups excluding carboxylic acids is 2. The van der Waals surface area contributed by atoms with Crippen LogP contribution in [0, 0.1) is 18.8 Å². The number of aryl methyl sites for hydroxylation is 1. The van der Waals surface area contributed by atoms with Gasteiger partial charge >= 0.3 is 0 Å². The quantitative estimate of drug-likeness (QED) is 0.356. The Bertz CT molecular complexity index is 1260. The lowest BCUT2D eigenvalue weighted by molar-refractivity contribution is -0.128. The van der Waals surface area contributed by atoms with Crippen LogP contribution in [0.5, 0.6) is 0 Å². The van der Waals surface area contributed by atoms with Crippen LogP contribution in [0.25, 0.3) is 0 Å². The van der Waals surface area contributed by atoms with E-state index in [1.54, 1.807) is 40.8 Å². The molecule has 3 N–H and O–H groups in total. The molecular formula is C33H43N5O2S. The number of pyridine rings is 1. The Morgan fingerprint density at radius 3 is 2.54 bits per heavy atom. The van der Waals surface area contributed by atoms with Crippen LogP contribution in [0.1, 0.15) is 64.9 Å². The van der Waals surface area contributed by atoms with E-state index in [2.05, 4.69) is 63.9 Å². The van der Waals surface area contributed by atoms with Crippen LogP contribution < -0.4 is 11.1 Å². The first-order chi connectivity index (χ1) is 20.0. The highest BCUT2D eigenvalue weighted by atomic mass is 32.1. The van der Waals surface area contributed by atoms with Crippen molar-refractivity contribution < 1.29 is 9.59 Å². The largest absolute Gasteiger partial charge is 0.354 e. The Kier molecular flexibility index (Phi) is 10.2. The van der Waals surface area contributed by atoms with Crippen molar-refractivity contribution in [3.05, 3.63) is 87.9 Å². The van der Waals surface area contributed by atoms with Gasteiger partial charge in [0.2, 0.25) is 5.91 Å². The molecule has 0 radical (unpaired) electrons. The Balaban J connectivity index is 1.34. The third kappa shape index (κ3) is 7.61. The number of nitrogens with two attached hydrogens (primary N) is 1. The van der Waals surface area contributed by atoms with Crippen LogP contribution in [0.2, 0.25) is 0 Å². The van der Waals surface area contributed by atoms with E-state index in [9.17, 15) is 9.59 Å². The van der Waals surface area contributed by atoms with Crippen LogP contribution in [0.4, 0.5) is 0 Å². The minimum atomic E-state index is -0.524. The SMILES string of the molecule is Cc1ccccc1CN(Cc1cccs1)C1CCN(C(=O)c2cccnc2)[C@@H](C(=O)NCC2CCC(CN)CC2)C1. The van der Waals surface area contributed by atoms with Crippen LogP contribution in [-0.4, -0.2) is 58.3 Å². The number of rotatable bonds is 10. The third-order valence-electron chi connectivity index (χ3n) is 9.00. The van der Waals surface area contributed by atoms with Crippen LogP contribution in [0.3, 0.4) is 0 Å². The third-order valence-corrected chi connectivity index (χ3v) is 9.86. The lowest BCUT2D eigenvalue weighted by Gasteiger charge is -2.43. The number of nitrogens with zero attached hydrogens (tertiary/aromatic N) is 3. The predicted octanol–water partition coefficient (Wildman–Crippen LogP) is 5.01. The minimum Gasteiger partial charge on any atom is -0.354 e. The Labute approximate surface area is 248 Å². The van der Waals surface area contributed by atoms with Crippen LogP contribution in [0.15, 0.2) is 66.3 Å². The van der Waals surface area contributed by atoms with Crippen LogP contribution in [-0.2, 0) is 17.9 Å². The number of piperidine rings is 1. The Hall–Kier alpha value is -3.07. The number of carbonyl (C=O) groups is 2. The van der Waals surface area contributed by atoms with Gasteiger partial charge in [-0.3, -0.25) is 19.5 Å². The first kappa shape index (κ1) is 29.4. The van der Waals surface area contributed by atoms with Crippen molar-refractivity contribution in [1.82, 2.24) is 20.1 Å². The van der Waals surface area contributed by atoms with Gasteiger partial charge in [-0.25, -0.2) is 0 Å². The molecule has 1 saturated carbocycles. The Morgan fingerprint density at radius 1 is 1.02 bits per heavy atom. The lowest BCUT2D eigenvalue weighted by Crippen LogP contribution is -2.57. The minimum absolute atomic E-state index is 0.0418. The second-order valence-corrected chi connectivity index (χ2v) is 12.7. The normalized spacial score (nSPS) is 23.0. The highest BCUT2D eigenvalue weighted by Crippen LogP contribution is 2.30. The van der Waals surface area contributed by atoms with Gasteiger partial charge in [-0.15, -0.1) is 11.3 Å². The van der Waals surface area contributed by atoms with Crippen molar-refractivity contribution in [3.8, 4) is 0 Å². The van der Waals surface area contributed by atoms with Crippen molar-refractivity contribution in [2.45, 2.75) is 70.6 Å². The average Bonchev–Trinajstić information content (AvgIpc) is 3.54. The number of hydrogen-bond donors (Lipinski definition) is 2. The summed E-state index contributed by atoms with van der Waals surface area (Å²) >= 11 is 1.77. The fourth-order valence-corrected chi connectivity index (χ4v) is 7.11. The monoisotopic (exact) mass is 573 g/mol. The first-order valence-corrected chi connectivity index (χ1v) is 15.9. The molecule has 8 heteroatoms. The number of thiophene rings is 1. The standard InChI is InChI=1S/C33H43N5O2S/c1-24-6-2-3-7-28(24)22-37(23-30-9-5-17-41-30)29-14-16-38(33(40)27-8-4-15-35-21-27)31(18-29)32(39)36-20-26-12-10-25(19-34)11-13-26/h2-9,15,17,21,25-26,29,31H,10-14,16,18-20,22-23,34H2,1H3,(H,36,39)/t25?,26?,29?,31-/m1/s1. The zero-order valence-corrected chi connectivity index (χ0v) is 24.9. The highest BCUT2D eigenvalue weighted by molar-refractivity contribution is 7.09. The van der Waals surface area contributed by atoms with E-state index >= 15 is 0 Å². The van der Waals surface area contributed by atoms with Gasteiger partial charge in [0.05, 0.1) is 5.56 Å². The van der Waals surface area contributed by atoms with Gasteiger partial charge in [-0.2, -0.15) is 0 Å². The molecule has 41 heavy (non-hydrogen) atoms. The van der Waals surface area contributed by atoms with Crippen molar-refractivity contribution in [1.29, 1.82) is 0 Å². The molecule has 7 nitrogen and oxygen atoms in total. The summed E-state index contributed by atoms with van der Waals surface area (Å²) in [6, 6.07) is 16.0. The summed E-state index contributed by atoms with van der Waals surface area (Å²) in [4.78, 5) is 37.2. The van der Waals surface area contributed by atoms with E-state index in [0.717, 1.165) is 51.7 Å². The molecule has 218 valence electrons. The fourth-order valence-electron chi connectivity index (χ4n) is 6.38. The molecule has 3 aromatic rings. The maximum atomic E-state index is 13.8. The van der Waals surface area contributed by atoms with Gasteiger partial charge in [-0.05, 0) is 98.5 Å². The number of hydrogen-bond acceptors (Lipinski definition) is 6. The maximum Gasteiger partial charge on any atom is 0.256 e. The van der Waals surface area contributed by atoms with Crippen molar-refractivity contribution >= 4 is 23.2 Å². The number of aromatic nitrogens is 1. The van der Waals surface area contributed by atoms with E-state index < -0.39 is 6.04 Å². The predicted molar refractivity (Wildman–Crippen MR) is 164 cm³/mol. The smallest absolute Gasteiger partial charge is 0.256 e. The van der Waals surface area contributed by atoms with Gasteiger partial charge in [0.15, 0.2) is 0 Å². The molecule has 3 heterocycles. The molecule has 2 amide bonds. The lowest BCUT2D eigenvalue weighted by atomic mass is 9.82. The zero-order chi connectivity index (χ0) is 28.6. The Morgan fingerprint density at radius 2 is 1.83 bits per heavy atom. The summed E-state index contributed by atoms with van der Waals surface area (Å²) in [5.41, 5.74) is 8.98. The highest BCUT2D eigenvalue weighted by Gasteiger charge is 2.39. The van der Waals surface area contributed by atoms with Gasteiger partial charge < -0.3 is 16.0 Å². The van der Waals surface area contributed by atoms with Crippen molar-refractivity contribution in [3.63, 3.8) is 0 Å². The van der Waals surface area contributed by atoms with Crippen LogP contribution >= 0.6 is 11.3 Å². The second-order valence-electron chi connectivity index (χ2n) is 11.7. The molecule has 5 rings (SSSR count). The number of benzene rings is 1. The van der Waals surface area contributed by atoms with E-state index in [4.69, 9.17) is 5.73 Å². The molecule has 2 aromatic heterocycles. The molecular weight excluding hydrogens is 530 g/mol. The topological polar surface area (TPSA) is 91.6 Å². The van der Waals surface area contributed by atoms with Gasteiger partial charge in [0.25, 0.3) is 5.91 Å². The molecule has 2 atom stereocenters. The number of amides is 2. The summed E-state index contributed by atoms with van der Waals surface area (Å²) in [5, 5.41) is 5.38. The molecule has 0 spiro atoms. The van der Waals surface area contributed by atoms with E-state index in [1.165, 1.54) is 16.0 Å². The molecule has 1 aliphatic heterocycles. The number of nitrogens with one attached hydrogen (secondary N) is 1. The summed E-state index contributed by atoms with van der Waals surface area (Å²) in [6.45, 7) is 5.74. The number of likely N-dealkylation sites (tertiary alicyclic amines) is 1. The first-order valence-electron chi connectivity index (χ1n) is 15.0. The summed E-state index contributed by atoms with van der Waals surface area (Å²) in [7, 11) is 0. The summed E-state index contributed by atoms with van der Waals surface area (Å²) < 4.78 is 0. The van der Waals surface area contributed by atoms with Gasteiger partial charge in [0.1, 0.15) is 6.04 Å². The van der Waals surface area contributed by atoms with E-state index in [-0.39, 0.29) is 17.9 Å². The van der Waals surface area contributed by atoms with E-state index in [1.807, 2.05) is 0 Å². The molecule has 1 unspecified atom stereocenters. The molecule has 1 aromatic carbocycles. The maximum absolute atomic E-state index is 13.8. The summed E-state index contributed by atoms with van der Waals surface area (Å²) in [5.74, 6) is 0.917. The summed E-state index contributed by atoms with van der Waals surface area (Å²) in [6.07, 6.45) is 9.14. The second kappa shape index (κ2) is 14.2. The fraction of sp³-hybridized carbons (Fsp3) is 0.485. The van der Waals surface area contributed by atoms with Crippen molar-refractivity contribution in [2.75, 3.05) is 19.6 Å². The van der Waals surface area contributed by atoms with Crippen molar-refractivity contribution in [2.24, 2.45) is 17.6 Å². The molecule has 2 aliphatic rings. The zero-order valence-electron chi connectivity index (χ0n) is 24.1. The van der Waals surface area contributed by atoms with Gasteiger partial charge in [0, 0.05) is 49.5 Å². The van der Waals surface area contributed by atoms with Gasteiger partial charge in [-0.1, -0.05) is 30.3 Å². The molecule has 1 aliphatic carbocycles. The average molecular weight is 574 g/mol. The molecule has 0 bridgehead atoms. The molecule has 2 fully saturated rings. The molecule has 1 saturated heterocycles. The van der Waals surface area contributed by atoms with E-state index in [0.29, 0.717) is 36.9 Å².